The molecule has 0 aliphatic carbocycles. The lowest BCUT2D eigenvalue weighted by molar-refractivity contribution is -0.150. The van der Waals surface area contributed by atoms with Crippen molar-refractivity contribution < 1.29 is 14.3 Å². The minimum Gasteiger partial charge on any atom is -0.467 e. The lowest BCUT2D eigenvalue weighted by Crippen LogP contribution is -2.52. The second kappa shape index (κ2) is 7.62. The van der Waals surface area contributed by atoms with Crippen LogP contribution in [0.1, 0.15) is 38.8 Å². The molecule has 1 unspecified atom stereocenters. The Balaban J connectivity index is 2.56. The van der Waals surface area contributed by atoms with Gasteiger partial charge >= 0.3 is 5.97 Å². The Morgan fingerprint density at radius 3 is 2.70 bits per heavy atom. The van der Waals surface area contributed by atoms with Gasteiger partial charge in [0.15, 0.2) is 0 Å². The number of nitrogens with zero attached hydrogens (tertiary/aromatic N) is 1. The van der Waals surface area contributed by atoms with E-state index < -0.39 is 11.5 Å². The van der Waals surface area contributed by atoms with Crippen LogP contribution < -0.4 is 5.32 Å². The standard InChI is InChI=1S/C15H22N2O3/c1-4-10-15(2,14(19)20-3)17-13(18)9-8-12-7-5-6-11-16-12/h5-7,11H,4,8-10H2,1-3H3,(H,17,18). The second-order valence-electron chi connectivity index (χ2n) is 4.94. The molecular weight excluding hydrogens is 256 g/mol. The monoisotopic (exact) mass is 278 g/mol. The van der Waals surface area contributed by atoms with Crippen molar-refractivity contribution >= 4 is 11.9 Å². The fourth-order valence-electron chi connectivity index (χ4n) is 2.10. The molecule has 1 aromatic rings. The van der Waals surface area contributed by atoms with E-state index in [0.29, 0.717) is 19.3 Å². The number of carbonyl (C=O) groups excluding carboxylic acids is 2. The number of aryl methyl sites for hydroxylation is 1. The highest BCUT2D eigenvalue weighted by Gasteiger charge is 2.34. The summed E-state index contributed by atoms with van der Waals surface area (Å²) in [6.07, 6.45) is 3.88. The maximum atomic E-state index is 12.0. The van der Waals surface area contributed by atoms with E-state index in [2.05, 4.69) is 10.3 Å². The highest BCUT2D eigenvalue weighted by molar-refractivity contribution is 5.87. The Labute approximate surface area is 119 Å². The van der Waals surface area contributed by atoms with E-state index >= 15 is 0 Å². The summed E-state index contributed by atoms with van der Waals surface area (Å²) in [6, 6.07) is 5.59. The number of hydrogen-bond acceptors (Lipinski definition) is 4. The van der Waals surface area contributed by atoms with Crippen LogP contribution in [-0.4, -0.2) is 29.5 Å². The number of esters is 1. The van der Waals surface area contributed by atoms with Crippen LogP contribution in [0.2, 0.25) is 0 Å². The maximum Gasteiger partial charge on any atom is 0.331 e. The van der Waals surface area contributed by atoms with Crippen LogP contribution in [0.3, 0.4) is 0 Å². The molecule has 5 nitrogen and oxygen atoms in total. The summed E-state index contributed by atoms with van der Waals surface area (Å²) < 4.78 is 4.77. The molecule has 1 aromatic heterocycles. The van der Waals surface area contributed by atoms with Crippen LogP contribution in [0.5, 0.6) is 0 Å². The predicted octanol–water partition coefficient (Wildman–Crippen LogP) is 1.86. The van der Waals surface area contributed by atoms with Crippen molar-refractivity contribution in [1.82, 2.24) is 10.3 Å². The molecule has 1 N–H and O–H groups in total. The zero-order chi connectivity index (χ0) is 15.0. The lowest BCUT2D eigenvalue weighted by Gasteiger charge is -2.27. The number of amides is 1. The molecule has 0 aliphatic rings. The highest BCUT2D eigenvalue weighted by atomic mass is 16.5. The molecule has 0 saturated carbocycles. The molecule has 1 atom stereocenters. The SMILES string of the molecule is CCCC(C)(NC(=O)CCc1ccccn1)C(=O)OC. The largest absolute Gasteiger partial charge is 0.467 e. The van der Waals surface area contributed by atoms with Crippen LogP contribution >= 0.6 is 0 Å². The molecule has 0 fully saturated rings. The topological polar surface area (TPSA) is 68.3 Å². The van der Waals surface area contributed by atoms with Crippen molar-refractivity contribution in [2.45, 2.75) is 45.1 Å². The van der Waals surface area contributed by atoms with Crippen molar-refractivity contribution in [2.24, 2.45) is 0 Å². The van der Waals surface area contributed by atoms with Crippen LogP contribution in [0.4, 0.5) is 0 Å². The highest BCUT2D eigenvalue weighted by Crippen LogP contribution is 2.14. The van der Waals surface area contributed by atoms with Crippen LogP contribution in [-0.2, 0) is 20.7 Å². The molecule has 0 aliphatic heterocycles. The molecular formula is C15H22N2O3. The van der Waals surface area contributed by atoms with Gasteiger partial charge in [-0.15, -0.1) is 0 Å². The summed E-state index contributed by atoms with van der Waals surface area (Å²) >= 11 is 0. The quantitative estimate of drug-likeness (QED) is 0.773. The van der Waals surface area contributed by atoms with Gasteiger partial charge in [0.1, 0.15) is 5.54 Å². The number of nitrogens with one attached hydrogen (secondary N) is 1. The number of hydrogen-bond donors (Lipinski definition) is 1. The summed E-state index contributed by atoms with van der Waals surface area (Å²) in [6.45, 7) is 3.65. The number of ether oxygens (including phenoxy) is 1. The molecule has 0 aromatic carbocycles. The first-order valence-electron chi connectivity index (χ1n) is 6.81. The molecule has 1 amide bonds. The first kappa shape index (κ1) is 16.1. The van der Waals surface area contributed by atoms with E-state index in [4.69, 9.17) is 4.74 Å². The second-order valence-corrected chi connectivity index (χ2v) is 4.94. The Hall–Kier alpha value is -1.91. The average molecular weight is 278 g/mol. The number of pyridine rings is 1. The van der Waals surface area contributed by atoms with Crippen molar-refractivity contribution in [3.05, 3.63) is 30.1 Å². The van der Waals surface area contributed by atoms with Gasteiger partial charge in [0.2, 0.25) is 5.91 Å². The zero-order valence-corrected chi connectivity index (χ0v) is 12.3. The summed E-state index contributed by atoms with van der Waals surface area (Å²) in [7, 11) is 1.33. The lowest BCUT2D eigenvalue weighted by atomic mass is 9.96. The molecule has 5 heteroatoms. The fraction of sp³-hybridized carbons (Fsp3) is 0.533. The van der Waals surface area contributed by atoms with E-state index in [0.717, 1.165) is 12.1 Å². The number of aromatic nitrogens is 1. The van der Waals surface area contributed by atoms with Crippen molar-refractivity contribution in [2.75, 3.05) is 7.11 Å². The predicted molar refractivity (Wildman–Crippen MR) is 76.0 cm³/mol. The van der Waals surface area contributed by atoms with Crippen molar-refractivity contribution in [1.29, 1.82) is 0 Å². The molecule has 0 saturated heterocycles. The maximum absolute atomic E-state index is 12.0. The molecule has 0 radical (unpaired) electrons. The first-order valence-corrected chi connectivity index (χ1v) is 6.81. The van der Waals surface area contributed by atoms with Gasteiger partial charge in [0, 0.05) is 18.3 Å². The Kier molecular flexibility index (Phi) is 6.15. The Bertz CT molecular complexity index is 448. The molecule has 1 rings (SSSR count). The van der Waals surface area contributed by atoms with Crippen molar-refractivity contribution in [3.8, 4) is 0 Å². The molecule has 20 heavy (non-hydrogen) atoms. The van der Waals surface area contributed by atoms with Crippen LogP contribution in [0, 0.1) is 0 Å². The third-order valence-electron chi connectivity index (χ3n) is 3.14. The Morgan fingerprint density at radius 2 is 2.15 bits per heavy atom. The number of rotatable bonds is 7. The number of methoxy groups -OCH3 is 1. The normalized spacial score (nSPS) is 13.3. The minimum absolute atomic E-state index is 0.169. The van der Waals surface area contributed by atoms with Gasteiger partial charge in [-0.1, -0.05) is 19.4 Å². The first-order chi connectivity index (χ1) is 9.51. The van der Waals surface area contributed by atoms with Crippen molar-refractivity contribution in [3.63, 3.8) is 0 Å². The van der Waals surface area contributed by atoms with E-state index in [1.807, 2.05) is 25.1 Å². The molecule has 0 spiro atoms. The van der Waals surface area contributed by atoms with Crippen LogP contribution in [0.25, 0.3) is 0 Å². The molecule has 110 valence electrons. The summed E-state index contributed by atoms with van der Waals surface area (Å²) in [4.78, 5) is 27.9. The van der Waals surface area contributed by atoms with Gasteiger partial charge < -0.3 is 10.1 Å². The Morgan fingerprint density at radius 1 is 1.40 bits per heavy atom. The zero-order valence-electron chi connectivity index (χ0n) is 12.3. The smallest absolute Gasteiger partial charge is 0.331 e. The molecule has 0 bridgehead atoms. The summed E-state index contributed by atoms with van der Waals surface area (Å²) in [5, 5.41) is 2.77. The third-order valence-corrected chi connectivity index (χ3v) is 3.14. The summed E-state index contributed by atoms with van der Waals surface area (Å²) in [5.41, 5.74) is -0.0945. The van der Waals surface area contributed by atoms with Gasteiger partial charge in [-0.3, -0.25) is 9.78 Å². The van der Waals surface area contributed by atoms with Crippen LogP contribution in [0.15, 0.2) is 24.4 Å². The van der Waals surface area contributed by atoms with Gasteiger partial charge in [-0.05, 0) is 31.9 Å². The third kappa shape index (κ3) is 4.64. The van der Waals surface area contributed by atoms with Gasteiger partial charge in [0.25, 0.3) is 0 Å². The molecule has 1 heterocycles. The van der Waals surface area contributed by atoms with E-state index in [-0.39, 0.29) is 5.91 Å². The number of carbonyl (C=O) groups is 2. The fourth-order valence-corrected chi connectivity index (χ4v) is 2.10. The van der Waals surface area contributed by atoms with Gasteiger partial charge in [-0.25, -0.2) is 4.79 Å². The summed E-state index contributed by atoms with van der Waals surface area (Å²) in [5.74, 6) is -0.581. The van der Waals surface area contributed by atoms with E-state index in [9.17, 15) is 9.59 Å². The van der Waals surface area contributed by atoms with E-state index in [1.54, 1.807) is 13.1 Å². The minimum atomic E-state index is -0.954. The average Bonchev–Trinajstić information content (AvgIpc) is 2.45. The van der Waals surface area contributed by atoms with Gasteiger partial charge in [0.05, 0.1) is 7.11 Å². The van der Waals surface area contributed by atoms with E-state index in [1.165, 1.54) is 7.11 Å². The van der Waals surface area contributed by atoms with Gasteiger partial charge in [-0.2, -0.15) is 0 Å².